The highest BCUT2D eigenvalue weighted by molar-refractivity contribution is 5.87. The van der Waals surface area contributed by atoms with E-state index in [0.717, 1.165) is 6.42 Å². The van der Waals surface area contributed by atoms with Gasteiger partial charge in [0.25, 0.3) is 0 Å². The number of rotatable bonds is 7. The van der Waals surface area contributed by atoms with Crippen molar-refractivity contribution in [3.63, 3.8) is 0 Å². The number of amides is 1. The summed E-state index contributed by atoms with van der Waals surface area (Å²) in [6.45, 7) is 0.469. The maximum absolute atomic E-state index is 12.7. The third-order valence-corrected chi connectivity index (χ3v) is 5.62. The van der Waals surface area contributed by atoms with Crippen LogP contribution < -0.4 is 5.32 Å². The van der Waals surface area contributed by atoms with Crippen LogP contribution in [0, 0.1) is 11.8 Å². The van der Waals surface area contributed by atoms with Gasteiger partial charge in [0.15, 0.2) is 0 Å². The smallest absolute Gasteiger partial charge is 0.310 e. The molecule has 0 aliphatic carbocycles. The Balaban J connectivity index is 1.43. The maximum Gasteiger partial charge on any atom is 0.310 e. The second-order valence-electron chi connectivity index (χ2n) is 7.29. The Hall–Kier alpha value is -2.92. The van der Waals surface area contributed by atoms with E-state index in [1.54, 1.807) is 12.2 Å². The van der Waals surface area contributed by atoms with E-state index in [1.807, 2.05) is 36.4 Å². The lowest BCUT2D eigenvalue weighted by atomic mass is 9.82. The van der Waals surface area contributed by atoms with Crippen LogP contribution in [-0.4, -0.2) is 35.7 Å². The molecule has 5 nitrogen and oxygen atoms in total. The number of carboxylic acid groups (broad SMARTS) is 1. The molecule has 1 fully saturated rings. The van der Waals surface area contributed by atoms with Crippen molar-refractivity contribution in [3.05, 3.63) is 83.9 Å². The second-order valence-corrected chi connectivity index (χ2v) is 7.29. The Labute approximate surface area is 164 Å². The first kappa shape index (κ1) is 18.4. The van der Waals surface area contributed by atoms with E-state index < -0.39 is 30.0 Å². The molecule has 2 heterocycles. The van der Waals surface area contributed by atoms with E-state index in [9.17, 15) is 14.7 Å². The van der Waals surface area contributed by atoms with Crippen molar-refractivity contribution in [1.29, 1.82) is 0 Å². The number of fused-ring (bicyclic) bond motifs is 2. The summed E-state index contributed by atoms with van der Waals surface area (Å²) >= 11 is 0. The predicted molar refractivity (Wildman–Crippen MR) is 105 cm³/mol. The van der Waals surface area contributed by atoms with E-state index in [-0.39, 0.29) is 11.8 Å². The molecule has 0 saturated carbocycles. The van der Waals surface area contributed by atoms with Gasteiger partial charge in [0.2, 0.25) is 5.91 Å². The van der Waals surface area contributed by atoms with Gasteiger partial charge in [0, 0.05) is 12.5 Å². The molecule has 4 atom stereocenters. The van der Waals surface area contributed by atoms with Crippen LogP contribution >= 0.6 is 0 Å². The molecule has 2 aliphatic heterocycles. The van der Waals surface area contributed by atoms with Gasteiger partial charge in [-0.2, -0.15) is 0 Å². The minimum atomic E-state index is -0.983. The van der Waals surface area contributed by atoms with Gasteiger partial charge < -0.3 is 15.2 Å². The number of ether oxygens (including phenoxy) is 1. The summed E-state index contributed by atoms with van der Waals surface area (Å²) in [6.07, 6.45) is 3.33. The Morgan fingerprint density at radius 1 is 0.893 bits per heavy atom. The first-order chi connectivity index (χ1) is 13.6. The number of carbonyl (C=O) groups excluding carboxylic acids is 1. The molecule has 2 aromatic carbocycles. The average Bonchev–Trinajstić information content (AvgIpc) is 3.34. The summed E-state index contributed by atoms with van der Waals surface area (Å²) in [7, 11) is 0. The van der Waals surface area contributed by atoms with Gasteiger partial charge in [-0.05, 0) is 17.5 Å². The van der Waals surface area contributed by atoms with Gasteiger partial charge in [-0.25, -0.2) is 0 Å². The molecular weight excluding hydrogens is 354 g/mol. The molecule has 0 spiro atoms. The van der Waals surface area contributed by atoms with E-state index >= 15 is 0 Å². The van der Waals surface area contributed by atoms with Crippen molar-refractivity contribution in [2.24, 2.45) is 11.8 Å². The molecule has 2 aromatic rings. The molecule has 5 heteroatoms. The van der Waals surface area contributed by atoms with Gasteiger partial charge >= 0.3 is 5.97 Å². The van der Waals surface area contributed by atoms with E-state index in [4.69, 9.17) is 4.74 Å². The molecule has 0 unspecified atom stereocenters. The Bertz CT molecular complexity index is 825. The lowest BCUT2D eigenvalue weighted by Crippen LogP contribution is -2.42. The Morgan fingerprint density at radius 2 is 1.43 bits per heavy atom. The van der Waals surface area contributed by atoms with E-state index in [0.29, 0.717) is 6.54 Å². The van der Waals surface area contributed by atoms with Gasteiger partial charge in [0.1, 0.15) is 5.92 Å². The average molecular weight is 377 g/mol. The molecule has 2 aliphatic rings. The summed E-state index contributed by atoms with van der Waals surface area (Å²) in [5.41, 5.74) is 2.38. The molecule has 1 amide bonds. The topological polar surface area (TPSA) is 75.6 Å². The number of aliphatic carboxylic acids is 1. The number of hydrogen-bond acceptors (Lipinski definition) is 3. The standard InChI is InChI=1S/C23H23NO4/c25-22(20-18-11-12-19(28-18)21(20)23(26)27)24-14-13-17(15-7-3-1-4-8-15)16-9-5-2-6-10-16/h1-12,17-21H,13-14H2,(H,24,25)(H,26,27)/t18-,19-,20+,21-/m1/s1. The number of hydrogen-bond donors (Lipinski definition) is 2. The SMILES string of the molecule is O=C(NCCC(c1ccccc1)c1ccccc1)[C@@H]1[C@H](C(=O)O)[C@H]2C=C[C@H]1O2. The number of nitrogens with one attached hydrogen (secondary N) is 1. The van der Waals surface area contributed by atoms with Crippen LogP contribution in [0.5, 0.6) is 0 Å². The van der Waals surface area contributed by atoms with Crippen molar-refractivity contribution in [2.75, 3.05) is 6.54 Å². The van der Waals surface area contributed by atoms with Gasteiger partial charge in [0.05, 0.1) is 18.1 Å². The lowest BCUT2D eigenvalue weighted by Gasteiger charge is -2.22. The molecule has 0 aromatic heterocycles. The molecule has 1 saturated heterocycles. The highest BCUT2D eigenvalue weighted by atomic mass is 16.5. The minimum absolute atomic E-state index is 0.161. The first-order valence-corrected chi connectivity index (χ1v) is 9.59. The molecule has 2 bridgehead atoms. The van der Waals surface area contributed by atoms with Crippen molar-refractivity contribution in [1.82, 2.24) is 5.32 Å². The molecule has 4 rings (SSSR count). The number of carboxylic acids is 1. The van der Waals surface area contributed by atoms with Gasteiger partial charge in [-0.15, -0.1) is 0 Å². The van der Waals surface area contributed by atoms with E-state index in [2.05, 4.69) is 29.6 Å². The normalized spacial score (nSPS) is 25.2. The summed E-state index contributed by atoms with van der Waals surface area (Å²) in [4.78, 5) is 24.3. The zero-order valence-electron chi connectivity index (χ0n) is 15.4. The summed E-state index contributed by atoms with van der Waals surface area (Å²) in [6, 6.07) is 20.4. The maximum atomic E-state index is 12.7. The Morgan fingerprint density at radius 3 is 1.96 bits per heavy atom. The predicted octanol–water partition coefficient (Wildman–Crippen LogP) is 2.98. The van der Waals surface area contributed by atoms with Crippen LogP contribution in [0.3, 0.4) is 0 Å². The fraction of sp³-hybridized carbons (Fsp3) is 0.304. The van der Waals surface area contributed by atoms with Gasteiger partial charge in [-0.3, -0.25) is 9.59 Å². The monoisotopic (exact) mass is 377 g/mol. The third-order valence-electron chi connectivity index (χ3n) is 5.62. The van der Waals surface area contributed by atoms with Crippen molar-refractivity contribution in [2.45, 2.75) is 24.5 Å². The first-order valence-electron chi connectivity index (χ1n) is 9.59. The highest BCUT2D eigenvalue weighted by Gasteiger charge is 2.53. The van der Waals surface area contributed by atoms with Crippen LogP contribution in [0.1, 0.15) is 23.5 Å². The number of benzene rings is 2. The summed E-state index contributed by atoms with van der Waals surface area (Å²) in [5, 5.41) is 12.4. The minimum Gasteiger partial charge on any atom is -0.481 e. The third kappa shape index (κ3) is 3.58. The van der Waals surface area contributed by atoms with Crippen LogP contribution in [0.15, 0.2) is 72.8 Å². The zero-order valence-corrected chi connectivity index (χ0v) is 15.4. The van der Waals surface area contributed by atoms with Crippen LogP contribution in [-0.2, 0) is 14.3 Å². The quantitative estimate of drug-likeness (QED) is 0.728. The molecular formula is C23H23NO4. The van der Waals surface area contributed by atoms with Crippen LogP contribution in [0.4, 0.5) is 0 Å². The summed E-state index contributed by atoms with van der Waals surface area (Å²) < 4.78 is 5.59. The molecule has 28 heavy (non-hydrogen) atoms. The molecule has 0 radical (unpaired) electrons. The van der Waals surface area contributed by atoms with Crippen LogP contribution in [0.25, 0.3) is 0 Å². The van der Waals surface area contributed by atoms with E-state index in [1.165, 1.54) is 11.1 Å². The van der Waals surface area contributed by atoms with Crippen LogP contribution in [0.2, 0.25) is 0 Å². The van der Waals surface area contributed by atoms with Crippen molar-refractivity contribution in [3.8, 4) is 0 Å². The van der Waals surface area contributed by atoms with Gasteiger partial charge in [-0.1, -0.05) is 72.8 Å². The fourth-order valence-electron chi connectivity index (χ4n) is 4.27. The molecule has 2 N–H and O–H groups in total. The summed E-state index contributed by atoms with van der Waals surface area (Å²) in [5.74, 6) is -2.55. The number of carbonyl (C=O) groups is 2. The molecule has 144 valence electrons. The fourth-order valence-corrected chi connectivity index (χ4v) is 4.27. The second kappa shape index (κ2) is 7.98. The lowest BCUT2D eigenvalue weighted by molar-refractivity contribution is -0.146. The van der Waals surface area contributed by atoms with Crippen molar-refractivity contribution >= 4 is 11.9 Å². The highest BCUT2D eigenvalue weighted by Crippen LogP contribution is 2.39. The zero-order chi connectivity index (χ0) is 19.5. The largest absolute Gasteiger partial charge is 0.481 e. The Kier molecular flexibility index (Phi) is 5.26. The van der Waals surface area contributed by atoms with Crippen molar-refractivity contribution < 1.29 is 19.4 Å².